The lowest BCUT2D eigenvalue weighted by Gasteiger charge is -2.62. The highest BCUT2D eigenvalue weighted by molar-refractivity contribution is 5.69. The monoisotopic (exact) mass is 431 g/mol. The van der Waals surface area contributed by atoms with Gasteiger partial charge in [0.25, 0.3) is 0 Å². The van der Waals surface area contributed by atoms with Crippen molar-refractivity contribution in [2.45, 2.75) is 97.1 Å². The summed E-state index contributed by atoms with van der Waals surface area (Å²) < 4.78 is 4.86. The molecule has 10 atom stereocenters. The predicted molar refractivity (Wildman–Crippen MR) is 120 cm³/mol. The normalized spacial score (nSPS) is 47.3. The van der Waals surface area contributed by atoms with Crippen molar-refractivity contribution in [2.24, 2.45) is 51.5 Å². The average Bonchev–Trinajstić information content (AvgIpc) is 3.12. The molecule has 0 aliphatic heterocycles. The van der Waals surface area contributed by atoms with Crippen molar-refractivity contribution in [3.05, 3.63) is 10.4 Å². The number of aliphatic hydroxyl groups excluding tert-OH is 1. The summed E-state index contributed by atoms with van der Waals surface area (Å²) in [6.07, 6.45) is 9.98. The summed E-state index contributed by atoms with van der Waals surface area (Å²) >= 11 is 0. The number of nitrogens with zero attached hydrogens (tertiary/aromatic N) is 3. The summed E-state index contributed by atoms with van der Waals surface area (Å²) in [5.74, 6) is 3.25. The van der Waals surface area contributed by atoms with Crippen molar-refractivity contribution < 1.29 is 14.6 Å². The molecule has 6 heteroatoms. The SMILES string of the molecule is COC(=O)CC[C@@H](C)[C@H]1CC[C@H]2[C@@H]3CC[C@@H]4C[C@@H](N=[N+]=[N-])CC[C@]4(C)[C@H]3C[C@H](O)[C@]12C. The molecule has 0 spiro atoms. The molecule has 0 aromatic rings. The number of fused-ring (bicyclic) bond motifs is 5. The smallest absolute Gasteiger partial charge is 0.305 e. The standard InChI is InChI=1S/C25H41N3O3/c1-15(5-10-23(30)31-4)19-8-9-20-18-7-6-16-13-17(27-28-26)11-12-24(16,2)21(18)14-22(29)25(19,20)3/h15-22,29H,5-14H2,1-4H3/t15-,16-,17+,18+,19-,20+,21+,22+,24+,25-/m1/s1. The Morgan fingerprint density at radius 1 is 1.19 bits per heavy atom. The summed E-state index contributed by atoms with van der Waals surface area (Å²) in [7, 11) is 1.46. The van der Waals surface area contributed by atoms with Crippen molar-refractivity contribution in [2.75, 3.05) is 7.11 Å². The van der Waals surface area contributed by atoms with Gasteiger partial charge in [0.2, 0.25) is 0 Å². The van der Waals surface area contributed by atoms with Gasteiger partial charge in [0.1, 0.15) is 0 Å². The molecule has 31 heavy (non-hydrogen) atoms. The summed E-state index contributed by atoms with van der Waals surface area (Å²) in [6.45, 7) is 7.11. The molecule has 0 amide bonds. The molecule has 4 saturated carbocycles. The van der Waals surface area contributed by atoms with E-state index in [1.54, 1.807) is 0 Å². The van der Waals surface area contributed by atoms with Crippen LogP contribution in [0.5, 0.6) is 0 Å². The van der Waals surface area contributed by atoms with Crippen molar-refractivity contribution in [1.82, 2.24) is 0 Å². The molecule has 0 heterocycles. The number of methoxy groups -OCH3 is 1. The van der Waals surface area contributed by atoms with Crippen LogP contribution in [0.15, 0.2) is 5.11 Å². The van der Waals surface area contributed by atoms with E-state index in [1.165, 1.54) is 32.8 Å². The van der Waals surface area contributed by atoms with E-state index < -0.39 is 0 Å². The molecule has 0 radical (unpaired) electrons. The third-order valence-electron chi connectivity index (χ3n) is 10.7. The Morgan fingerprint density at radius 2 is 1.97 bits per heavy atom. The molecule has 0 saturated heterocycles. The second-order valence-corrected chi connectivity index (χ2v) is 11.7. The van der Waals surface area contributed by atoms with Crippen LogP contribution in [0.2, 0.25) is 0 Å². The topological polar surface area (TPSA) is 95.3 Å². The number of carbonyl (C=O) groups excluding carboxylic acids is 1. The Balaban J connectivity index is 1.52. The predicted octanol–water partition coefficient (Wildman–Crippen LogP) is 5.88. The molecule has 6 nitrogen and oxygen atoms in total. The molecule has 1 N–H and O–H groups in total. The quantitative estimate of drug-likeness (QED) is 0.255. The fraction of sp³-hybridized carbons (Fsp3) is 0.960. The third kappa shape index (κ3) is 3.68. The zero-order valence-corrected chi connectivity index (χ0v) is 19.8. The lowest BCUT2D eigenvalue weighted by Crippen LogP contribution is -2.58. The van der Waals surface area contributed by atoms with Gasteiger partial charge in [-0.2, -0.15) is 0 Å². The van der Waals surface area contributed by atoms with Crippen molar-refractivity contribution in [1.29, 1.82) is 0 Å². The Labute approximate surface area is 187 Å². The number of aliphatic hydroxyl groups is 1. The number of ether oxygens (including phenoxy) is 1. The Bertz CT molecular complexity index is 738. The van der Waals surface area contributed by atoms with E-state index in [9.17, 15) is 9.90 Å². The zero-order chi connectivity index (χ0) is 22.4. The molecule has 0 aromatic carbocycles. The van der Waals surface area contributed by atoms with Crippen LogP contribution in [0.3, 0.4) is 0 Å². The summed E-state index contributed by atoms with van der Waals surface area (Å²) in [5.41, 5.74) is 9.11. The van der Waals surface area contributed by atoms with Crippen LogP contribution in [0.25, 0.3) is 10.4 Å². The van der Waals surface area contributed by atoms with Gasteiger partial charge in [-0.15, -0.1) is 0 Å². The molecule has 0 aromatic heterocycles. The molecule has 0 unspecified atom stereocenters. The lowest BCUT2D eigenvalue weighted by atomic mass is 9.43. The zero-order valence-electron chi connectivity index (χ0n) is 19.8. The first-order chi connectivity index (χ1) is 14.8. The molecule has 0 bridgehead atoms. The second kappa shape index (κ2) is 8.59. The van der Waals surface area contributed by atoms with Crippen LogP contribution in [-0.4, -0.2) is 30.3 Å². The van der Waals surface area contributed by atoms with E-state index in [0.29, 0.717) is 41.9 Å². The minimum atomic E-state index is -0.266. The van der Waals surface area contributed by atoms with Gasteiger partial charge in [0.15, 0.2) is 0 Å². The molecule has 4 aliphatic carbocycles. The molecule has 4 rings (SSSR count). The maximum atomic E-state index is 11.7. The highest BCUT2D eigenvalue weighted by atomic mass is 16.5. The van der Waals surface area contributed by atoms with Gasteiger partial charge in [-0.05, 0) is 110 Å². The Hall–Kier alpha value is -1.26. The second-order valence-electron chi connectivity index (χ2n) is 11.7. The maximum Gasteiger partial charge on any atom is 0.305 e. The van der Waals surface area contributed by atoms with Crippen LogP contribution < -0.4 is 0 Å². The minimum Gasteiger partial charge on any atom is -0.469 e. The summed E-state index contributed by atoms with van der Waals surface area (Å²) in [6, 6.07) is 0.157. The van der Waals surface area contributed by atoms with E-state index in [1.807, 2.05) is 0 Å². The Morgan fingerprint density at radius 3 is 2.68 bits per heavy atom. The van der Waals surface area contributed by atoms with E-state index in [-0.39, 0.29) is 28.9 Å². The first kappa shape index (κ1) is 22.9. The fourth-order valence-corrected chi connectivity index (χ4v) is 8.99. The first-order valence-electron chi connectivity index (χ1n) is 12.5. The van der Waals surface area contributed by atoms with Gasteiger partial charge in [-0.1, -0.05) is 25.9 Å². The molecular formula is C25H41N3O3. The van der Waals surface area contributed by atoms with Gasteiger partial charge < -0.3 is 9.84 Å². The molecule has 4 aliphatic rings. The van der Waals surface area contributed by atoms with Crippen LogP contribution >= 0.6 is 0 Å². The number of hydrogen-bond acceptors (Lipinski definition) is 4. The molecule has 4 fully saturated rings. The van der Waals surface area contributed by atoms with E-state index >= 15 is 0 Å². The number of carbonyl (C=O) groups is 1. The van der Waals surface area contributed by atoms with Crippen LogP contribution in [0, 0.1) is 46.3 Å². The van der Waals surface area contributed by atoms with Crippen molar-refractivity contribution >= 4 is 5.97 Å². The van der Waals surface area contributed by atoms with E-state index in [4.69, 9.17) is 10.3 Å². The number of rotatable bonds is 5. The minimum absolute atomic E-state index is 0.0395. The summed E-state index contributed by atoms with van der Waals surface area (Å²) in [4.78, 5) is 14.8. The van der Waals surface area contributed by atoms with Crippen molar-refractivity contribution in [3.63, 3.8) is 0 Å². The Kier molecular flexibility index (Phi) is 6.35. The highest BCUT2D eigenvalue weighted by Crippen LogP contribution is 2.68. The number of hydrogen-bond donors (Lipinski definition) is 1. The highest BCUT2D eigenvalue weighted by Gasteiger charge is 2.63. The van der Waals surface area contributed by atoms with Gasteiger partial charge in [0, 0.05) is 17.4 Å². The van der Waals surface area contributed by atoms with Gasteiger partial charge in [-0.3, -0.25) is 4.79 Å². The van der Waals surface area contributed by atoms with Crippen LogP contribution in [0.1, 0.15) is 85.0 Å². The molecule has 174 valence electrons. The fourth-order valence-electron chi connectivity index (χ4n) is 8.99. The first-order valence-corrected chi connectivity index (χ1v) is 12.5. The molecular weight excluding hydrogens is 390 g/mol. The van der Waals surface area contributed by atoms with Gasteiger partial charge in [0.05, 0.1) is 13.2 Å². The third-order valence-corrected chi connectivity index (χ3v) is 10.7. The van der Waals surface area contributed by atoms with Gasteiger partial charge in [-0.25, -0.2) is 0 Å². The van der Waals surface area contributed by atoms with Crippen LogP contribution in [-0.2, 0) is 9.53 Å². The van der Waals surface area contributed by atoms with E-state index in [2.05, 4.69) is 30.8 Å². The number of esters is 1. The summed E-state index contributed by atoms with van der Waals surface area (Å²) in [5, 5.41) is 15.7. The van der Waals surface area contributed by atoms with Gasteiger partial charge >= 0.3 is 5.97 Å². The number of azide groups is 1. The van der Waals surface area contributed by atoms with Crippen molar-refractivity contribution in [3.8, 4) is 0 Å². The maximum absolute atomic E-state index is 11.7. The average molecular weight is 432 g/mol. The van der Waals surface area contributed by atoms with Crippen LogP contribution in [0.4, 0.5) is 0 Å². The lowest BCUT2D eigenvalue weighted by molar-refractivity contribution is -0.169. The largest absolute Gasteiger partial charge is 0.469 e. The van der Waals surface area contributed by atoms with E-state index in [0.717, 1.165) is 32.1 Å².